The molecule has 0 aliphatic carbocycles. The Morgan fingerprint density at radius 1 is 1.24 bits per heavy atom. The average Bonchev–Trinajstić information content (AvgIpc) is 3.34. The number of aryl methyl sites for hydroxylation is 1. The molecule has 1 aromatic carbocycles. The molecule has 2 amide bonds. The van der Waals surface area contributed by atoms with E-state index < -0.39 is 0 Å². The summed E-state index contributed by atoms with van der Waals surface area (Å²) in [6.45, 7) is 1.49. The van der Waals surface area contributed by atoms with Gasteiger partial charge >= 0.3 is 0 Å². The van der Waals surface area contributed by atoms with Gasteiger partial charge in [-0.2, -0.15) is 5.10 Å². The summed E-state index contributed by atoms with van der Waals surface area (Å²) >= 11 is 0. The van der Waals surface area contributed by atoms with Gasteiger partial charge in [-0.1, -0.05) is 6.07 Å². The first-order valence-electron chi connectivity index (χ1n) is 8.83. The molecule has 1 aromatic heterocycles. The van der Waals surface area contributed by atoms with Gasteiger partial charge in [0.25, 0.3) is 5.91 Å². The molecule has 0 spiro atoms. The van der Waals surface area contributed by atoms with Gasteiger partial charge in [0, 0.05) is 49.6 Å². The molecule has 3 heterocycles. The number of carbonyl (C=O) groups is 2. The van der Waals surface area contributed by atoms with Gasteiger partial charge < -0.3 is 9.80 Å². The average molecular weight is 338 g/mol. The maximum Gasteiger partial charge on any atom is 0.254 e. The van der Waals surface area contributed by atoms with E-state index in [2.05, 4.69) is 5.10 Å². The highest BCUT2D eigenvalue weighted by Crippen LogP contribution is 2.33. The third-order valence-electron chi connectivity index (χ3n) is 5.10. The van der Waals surface area contributed by atoms with E-state index in [-0.39, 0.29) is 17.9 Å². The van der Waals surface area contributed by atoms with E-state index in [9.17, 15) is 9.59 Å². The minimum atomic E-state index is 0.0276. The first kappa shape index (κ1) is 15.9. The van der Waals surface area contributed by atoms with Crippen molar-refractivity contribution < 1.29 is 9.59 Å². The SMILES string of the molecule is Cn1cc([C@H]2CCCN2C(=O)c2cccc(N3CCCC3=O)c2)cn1. The van der Waals surface area contributed by atoms with Crippen LogP contribution in [0.4, 0.5) is 5.69 Å². The number of anilines is 1. The summed E-state index contributed by atoms with van der Waals surface area (Å²) in [5, 5.41) is 4.24. The molecule has 6 heteroatoms. The van der Waals surface area contributed by atoms with Crippen LogP contribution in [0.5, 0.6) is 0 Å². The van der Waals surface area contributed by atoms with Gasteiger partial charge in [0.05, 0.1) is 12.2 Å². The Hall–Kier alpha value is -2.63. The van der Waals surface area contributed by atoms with Crippen molar-refractivity contribution in [3.63, 3.8) is 0 Å². The molecule has 0 unspecified atom stereocenters. The lowest BCUT2D eigenvalue weighted by molar-refractivity contribution is -0.117. The number of benzene rings is 1. The molecule has 2 saturated heterocycles. The van der Waals surface area contributed by atoms with Crippen molar-refractivity contribution in [2.75, 3.05) is 18.0 Å². The van der Waals surface area contributed by atoms with Crippen LogP contribution in [0.1, 0.15) is 47.6 Å². The van der Waals surface area contributed by atoms with Crippen molar-refractivity contribution in [2.24, 2.45) is 7.05 Å². The molecule has 130 valence electrons. The van der Waals surface area contributed by atoms with Crippen LogP contribution in [-0.4, -0.2) is 39.6 Å². The zero-order chi connectivity index (χ0) is 17.4. The van der Waals surface area contributed by atoms with Gasteiger partial charge in [-0.3, -0.25) is 14.3 Å². The Labute approximate surface area is 147 Å². The second-order valence-electron chi connectivity index (χ2n) is 6.80. The monoisotopic (exact) mass is 338 g/mol. The van der Waals surface area contributed by atoms with Gasteiger partial charge in [-0.05, 0) is 37.5 Å². The fourth-order valence-electron chi connectivity index (χ4n) is 3.86. The zero-order valence-corrected chi connectivity index (χ0v) is 14.4. The van der Waals surface area contributed by atoms with Crippen molar-refractivity contribution in [1.82, 2.24) is 14.7 Å². The van der Waals surface area contributed by atoms with Crippen molar-refractivity contribution in [2.45, 2.75) is 31.7 Å². The van der Waals surface area contributed by atoms with E-state index in [1.54, 1.807) is 9.58 Å². The number of hydrogen-bond acceptors (Lipinski definition) is 3. The van der Waals surface area contributed by atoms with E-state index in [0.717, 1.165) is 43.6 Å². The van der Waals surface area contributed by atoms with Crippen LogP contribution in [0.25, 0.3) is 0 Å². The maximum atomic E-state index is 13.1. The van der Waals surface area contributed by atoms with Crippen molar-refractivity contribution >= 4 is 17.5 Å². The quantitative estimate of drug-likeness (QED) is 0.864. The molecule has 4 rings (SSSR count). The molecular formula is C19H22N4O2. The predicted molar refractivity (Wildman–Crippen MR) is 94.2 cm³/mol. The van der Waals surface area contributed by atoms with E-state index in [4.69, 9.17) is 0 Å². The largest absolute Gasteiger partial charge is 0.331 e. The van der Waals surface area contributed by atoms with Crippen LogP contribution in [0.2, 0.25) is 0 Å². The summed E-state index contributed by atoms with van der Waals surface area (Å²) in [6.07, 6.45) is 7.25. The van der Waals surface area contributed by atoms with Crippen LogP contribution >= 0.6 is 0 Å². The first-order chi connectivity index (χ1) is 12.1. The van der Waals surface area contributed by atoms with Gasteiger partial charge in [0.2, 0.25) is 5.91 Å². The summed E-state index contributed by atoms with van der Waals surface area (Å²) < 4.78 is 1.77. The van der Waals surface area contributed by atoms with Crippen molar-refractivity contribution in [1.29, 1.82) is 0 Å². The normalized spacial score (nSPS) is 20.5. The van der Waals surface area contributed by atoms with Gasteiger partial charge in [-0.15, -0.1) is 0 Å². The molecule has 6 nitrogen and oxygen atoms in total. The number of aromatic nitrogens is 2. The summed E-state index contributed by atoms with van der Waals surface area (Å²) in [5.41, 5.74) is 2.55. The second-order valence-corrected chi connectivity index (χ2v) is 6.80. The number of nitrogens with zero attached hydrogens (tertiary/aromatic N) is 4. The molecule has 2 aromatic rings. The molecule has 0 N–H and O–H groups in total. The van der Waals surface area contributed by atoms with Crippen molar-refractivity contribution in [3.8, 4) is 0 Å². The molecule has 0 saturated carbocycles. The van der Waals surface area contributed by atoms with Crippen LogP contribution in [0.3, 0.4) is 0 Å². The van der Waals surface area contributed by atoms with Crippen LogP contribution in [-0.2, 0) is 11.8 Å². The lowest BCUT2D eigenvalue weighted by atomic mass is 10.1. The Bertz CT molecular complexity index is 813. The lowest BCUT2D eigenvalue weighted by Gasteiger charge is -2.25. The van der Waals surface area contributed by atoms with E-state index in [1.165, 1.54) is 0 Å². The number of hydrogen-bond donors (Lipinski definition) is 0. The Balaban J connectivity index is 1.59. The molecule has 2 aliphatic heterocycles. The summed E-state index contributed by atoms with van der Waals surface area (Å²) in [4.78, 5) is 28.8. The van der Waals surface area contributed by atoms with E-state index >= 15 is 0 Å². The minimum Gasteiger partial charge on any atom is -0.331 e. The Morgan fingerprint density at radius 2 is 2.12 bits per heavy atom. The topological polar surface area (TPSA) is 58.4 Å². The van der Waals surface area contributed by atoms with Crippen LogP contribution in [0.15, 0.2) is 36.7 Å². The third-order valence-corrected chi connectivity index (χ3v) is 5.10. The number of rotatable bonds is 3. The highest BCUT2D eigenvalue weighted by molar-refractivity contribution is 5.99. The fourth-order valence-corrected chi connectivity index (χ4v) is 3.86. The Kier molecular flexibility index (Phi) is 4.03. The van der Waals surface area contributed by atoms with Crippen molar-refractivity contribution in [3.05, 3.63) is 47.8 Å². The van der Waals surface area contributed by atoms with Gasteiger partial charge in [0.15, 0.2) is 0 Å². The molecule has 2 fully saturated rings. The minimum absolute atomic E-state index is 0.0276. The Morgan fingerprint density at radius 3 is 2.84 bits per heavy atom. The maximum absolute atomic E-state index is 13.1. The molecule has 0 radical (unpaired) electrons. The smallest absolute Gasteiger partial charge is 0.254 e. The molecule has 1 atom stereocenters. The zero-order valence-electron chi connectivity index (χ0n) is 14.4. The van der Waals surface area contributed by atoms with Gasteiger partial charge in [0.1, 0.15) is 0 Å². The summed E-state index contributed by atoms with van der Waals surface area (Å²) in [6, 6.07) is 7.54. The number of likely N-dealkylation sites (tertiary alicyclic amines) is 1. The van der Waals surface area contributed by atoms with Crippen LogP contribution in [0, 0.1) is 0 Å². The lowest BCUT2D eigenvalue weighted by Crippen LogP contribution is -2.31. The third kappa shape index (κ3) is 2.92. The second kappa shape index (κ2) is 6.35. The molecule has 25 heavy (non-hydrogen) atoms. The van der Waals surface area contributed by atoms with E-state index in [1.807, 2.05) is 48.6 Å². The molecule has 0 bridgehead atoms. The van der Waals surface area contributed by atoms with Gasteiger partial charge in [-0.25, -0.2) is 0 Å². The standard InChI is InChI=1S/C19H22N4O2/c1-21-13-15(12-20-21)17-7-3-10-23(17)19(25)14-5-2-6-16(11-14)22-9-4-8-18(22)24/h2,5-6,11-13,17H,3-4,7-10H2,1H3/t17-/m1/s1. The first-order valence-corrected chi connectivity index (χ1v) is 8.83. The van der Waals surface area contributed by atoms with Crippen LogP contribution < -0.4 is 4.90 Å². The highest BCUT2D eigenvalue weighted by Gasteiger charge is 2.32. The fraction of sp³-hybridized carbons (Fsp3) is 0.421. The summed E-state index contributed by atoms with van der Waals surface area (Å²) in [5.74, 6) is 0.166. The molecular weight excluding hydrogens is 316 g/mol. The van der Waals surface area contributed by atoms with E-state index in [0.29, 0.717) is 12.0 Å². The molecule has 2 aliphatic rings. The highest BCUT2D eigenvalue weighted by atomic mass is 16.2. The number of carbonyl (C=O) groups excluding carboxylic acids is 2. The number of amides is 2. The predicted octanol–water partition coefficient (Wildman–Crippen LogP) is 2.52. The summed E-state index contributed by atoms with van der Waals surface area (Å²) in [7, 11) is 1.89.